The van der Waals surface area contributed by atoms with Crippen LogP contribution in [0.4, 0.5) is 18.9 Å². The number of carbonyl (C=O) groups excluding carboxylic acids is 1. The van der Waals surface area contributed by atoms with Gasteiger partial charge in [0.05, 0.1) is 10.1 Å². The summed E-state index contributed by atoms with van der Waals surface area (Å²) in [5, 5.41) is 10.5. The van der Waals surface area contributed by atoms with Crippen LogP contribution in [0.2, 0.25) is 0 Å². The van der Waals surface area contributed by atoms with E-state index in [9.17, 15) is 31.2 Å². The number of nitrogens with one attached hydrogen (secondary N) is 1. The summed E-state index contributed by atoms with van der Waals surface area (Å²) in [6, 6.07) is 6.45. The molecule has 2 bridgehead atoms. The van der Waals surface area contributed by atoms with Gasteiger partial charge in [0.15, 0.2) is 27.3 Å². The largest absolute Gasteiger partial charge is 0.478 e. The van der Waals surface area contributed by atoms with E-state index >= 15 is 0 Å². The SMILES string of the molecule is O=C(O)/C=C1\CC2CCC1[C@@H]2S(=O)(=O)c1cccc(C(=O)Nc2cc(F)c(F)c(F)c2)c1. The van der Waals surface area contributed by atoms with Gasteiger partial charge in [-0.3, -0.25) is 4.79 Å². The molecular formula is C22H18F3NO5S. The lowest BCUT2D eigenvalue weighted by atomic mass is 9.95. The molecule has 6 nitrogen and oxygen atoms in total. The summed E-state index contributed by atoms with van der Waals surface area (Å²) in [4.78, 5) is 23.5. The average molecular weight is 465 g/mol. The van der Waals surface area contributed by atoms with Crippen molar-refractivity contribution in [3.8, 4) is 0 Å². The molecule has 10 heteroatoms. The zero-order valence-electron chi connectivity index (χ0n) is 16.5. The Balaban J connectivity index is 1.60. The molecule has 168 valence electrons. The maximum Gasteiger partial charge on any atom is 0.328 e. The molecule has 3 atom stereocenters. The van der Waals surface area contributed by atoms with Crippen molar-refractivity contribution in [3.63, 3.8) is 0 Å². The number of anilines is 1. The van der Waals surface area contributed by atoms with Gasteiger partial charge in [-0.1, -0.05) is 11.6 Å². The summed E-state index contributed by atoms with van der Waals surface area (Å²) < 4.78 is 66.6. The number of hydrogen-bond acceptors (Lipinski definition) is 4. The van der Waals surface area contributed by atoms with Crippen LogP contribution in [0, 0.1) is 29.3 Å². The summed E-state index contributed by atoms with van der Waals surface area (Å²) in [5.41, 5.74) is 0.219. The lowest BCUT2D eigenvalue weighted by Gasteiger charge is -2.17. The number of sulfone groups is 1. The standard InChI is InChI=1S/C22H18F3NO5S/c23-17-9-14(10-18(24)20(17)25)26-22(29)12-2-1-3-15(7-12)32(30,31)21-11-4-5-16(21)13(6-11)8-19(27)28/h1-3,7-11,16,21H,4-6H2,(H,26,29)(H,27,28)/b13-8+/t11?,16?,21-/m1/s1. The lowest BCUT2D eigenvalue weighted by molar-refractivity contribution is -0.131. The maximum atomic E-state index is 13.4. The summed E-state index contributed by atoms with van der Waals surface area (Å²) in [6.07, 6.45) is 2.74. The van der Waals surface area contributed by atoms with E-state index in [1.165, 1.54) is 24.3 Å². The molecule has 0 aliphatic heterocycles. The first-order valence-corrected chi connectivity index (χ1v) is 11.4. The highest BCUT2D eigenvalue weighted by Crippen LogP contribution is 2.52. The molecule has 2 saturated carbocycles. The fraction of sp³-hybridized carbons (Fsp3) is 0.273. The fourth-order valence-electron chi connectivity index (χ4n) is 4.72. The van der Waals surface area contributed by atoms with Crippen molar-refractivity contribution >= 4 is 27.4 Å². The summed E-state index contributed by atoms with van der Waals surface area (Å²) in [6.45, 7) is 0. The Bertz CT molecular complexity index is 1230. The normalized spacial score (nSPS) is 23.5. The Kier molecular flexibility index (Phi) is 5.58. The van der Waals surface area contributed by atoms with Crippen LogP contribution in [0.15, 0.2) is 52.9 Å². The van der Waals surface area contributed by atoms with Gasteiger partial charge in [0.25, 0.3) is 5.91 Å². The quantitative estimate of drug-likeness (QED) is 0.515. The molecule has 1 amide bonds. The summed E-state index contributed by atoms with van der Waals surface area (Å²) >= 11 is 0. The number of halogens is 3. The van der Waals surface area contributed by atoms with Crippen LogP contribution in [0.1, 0.15) is 29.6 Å². The molecule has 2 N–H and O–H groups in total. The number of carboxylic acid groups (broad SMARTS) is 1. The van der Waals surface area contributed by atoms with E-state index in [0.29, 0.717) is 37.0 Å². The van der Waals surface area contributed by atoms with Crippen molar-refractivity contribution in [2.24, 2.45) is 11.8 Å². The number of benzene rings is 2. The van der Waals surface area contributed by atoms with Crippen molar-refractivity contribution in [1.82, 2.24) is 0 Å². The van der Waals surface area contributed by atoms with Crippen LogP contribution in [-0.2, 0) is 14.6 Å². The van der Waals surface area contributed by atoms with Gasteiger partial charge < -0.3 is 10.4 Å². The molecule has 2 fully saturated rings. The molecule has 0 heterocycles. The first-order valence-electron chi connectivity index (χ1n) is 9.81. The average Bonchev–Trinajstić information content (AvgIpc) is 3.30. The first-order chi connectivity index (χ1) is 15.1. The number of rotatable bonds is 5. The van der Waals surface area contributed by atoms with Crippen LogP contribution in [0.3, 0.4) is 0 Å². The second-order valence-electron chi connectivity index (χ2n) is 7.95. The molecule has 0 aromatic heterocycles. The number of carbonyl (C=O) groups is 2. The predicted molar refractivity (Wildman–Crippen MR) is 108 cm³/mol. The maximum absolute atomic E-state index is 13.4. The Morgan fingerprint density at radius 3 is 2.41 bits per heavy atom. The van der Waals surface area contributed by atoms with Crippen molar-refractivity contribution in [3.05, 3.63) is 71.1 Å². The third-order valence-corrected chi connectivity index (χ3v) is 8.36. The van der Waals surface area contributed by atoms with Crippen LogP contribution in [0.25, 0.3) is 0 Å². The Morgan fingerprint density at radius 2 is 1.75 bits per heavy atom. The molecule has 0 radical (unpaired) electrons. The van der Waals surface area contributed by atoms with Crippen molar-refractivity contribution in [2.75, 3.05) is 5.32 Å². The number of allylic oxidation sites excluding steroid dienone is 1. The second kappa shape index (κ2) is 8.09. The Morgan fingerprint density at radius 1 is 1.06 bits per heavy atom. The highest BCUT2D eigenvalue weighted by Gasteiger charge is 2.51. The van der Waals surface area contributed by atoms with Gasteiger partial charge in [-0.2, -0.15) is 0 Å². The van der Waals surface area contributed by atoms with E-state index in [-0.39, 0.29) is 28.0 Å². The number of amides is 1. The summed E-state index contributed by atoms with van der Waals surface area (Å²) in [5.74, 6) is -7.14. The predicted octanol–water partition coefficient (Wildman–Crippen LogP) is 3.94. The van der Waals surface area contributed by atoms with Crippen LogP contribution in [-0.4, -0.2) is 30.7 Å². The molecule has 2 aromatic rings. The van der Waals surface area contributed by atoms with Crippen molar-refractivity contribution in [1.29, 1.82) is 0 Å². The third kappa shape index (κ3) is 3.90. The summed E-state index contributed by atoms with van der Waals surface area (Å²) in [7, 11) is -3.87. The van der Waals surface area contributed by atoms with Gasteiger partial charge in [-0.25, -0.2) is 26.4 Å². The molecule has 2 unspecified atom stereocenters. The number of fused-ring (bicyclic) bond motifs is 2. The smallest absolute Gasteiger partial charge is 0.328 e. The molecule has 32 heavy (non-hydrogen) atoms. The zero-order valence-corrected chi connectivity index (χ0v) is 17.3. The molecule has 0 spiro atoms. The van der Waals surface area contributed by atoms with E-state index in [1.54, 1.807) is 0 Å². The van der Waals surface area contributed by atoms with Gasteiger partial charge in [-0.15, -0.1) is 0 Å². The van der Waals surface area contributed by atoms with E-state index in [4.69, 9.17) is 5.11 Å². The van der Waals surface area contributed by atoms with Gasteiger partial charge >= 0.3 is 5.97 Å². The van der Waals surface area contributed by atoms with Gasteiger partial charge in [0.1, 0.15) is 0 Å². The first kappa shape index (κ1) is 22.1. The van der Waals surface area contributed by atoms with Crippen LogP contribution < -0.4 is 5.32 Å². The minimum Gasteiger partial charge on any atom is -0.478 e. The zero-order chi connectivity index (χ0) is 23.2. The van der Waals surface area contributed by atoms with Gasteiger partial charge in [-0.05, 0) is 49.3 Å². The Hall–Kier alpha value is -3.14. The fourth-order valence-corrected chi connectivity index (χ4v) is 7.07. The van der Waals surface area contributed by atoms with E-state index in [1.807, 2.05) is 0 Å². The lowest BCUT2D eigenvalue weighted by Crippen LogP contribution is -2.26. The van der Waals surface area contributed by atoms with Gasteiger partial charge in [0, 0.05) is 29.5 Å². The van der Waals surface area contributed by atoms with Crippen LogP contribution in [0.5, 0.6) is 0 Å². The Labute approximate surface area is 181 Å². The third-order valence-electron chi connectivity index (χ3n) is 6.02. The minimum atomic E-state index is -3.87. The molecule has 2 aliphatic carbocycles. The molecule has 2 aromatic carbocycles. The number of aliphatic carboxylic acids is 1. The highest BCUT2D eigenvalue weighted by molar-refractivity contribution is 7.92. The second-order valence-corrected chi connectivity index (χ2v) is 10.1. The minimum absolute atomic E-state index is 0.0668. The number of hydrogen-bond donors (Lipinski definition) is 2. The molecule has 2 aliphatic rings. The topological polar surface area (TPSA) is 101 Å². The van der Waals surface area contributed by atoms with E-state index in [2.05, 4.69) is 5.32 Å². The van der Waals surface area contributed by atoms with E-state index in [0.717, 1.165) is 6.08 Å². The molecule has 0 saturated heterocycles. The monoisotopic (exact) mass is 465 g/mol. The van der Waals surface area contributed by atoms with Crippen LogP contribution >= 0.6 is 0 Å². The highest BCUT2D eigenvalue weighted by atomic mass is 32.2. The molecule has 4 rings (SSSR count). The molecular weight excluding hydrogens is 447 g/mol. The van der Waals surface area contributed by atoms with Crippen molar-refractivity contribution in [2.45, 2.75) is 29.4 Å². The van der Waals surface area contributed by atoms with Crippen molar-refractivity contribution < 1.29 is 36.3 Å². The van der Waals surface area contributed by atoms with Gasteiger partial charge in [0.2, 0.25) is 0 Å². The van der Waals surface area contributed by atoms with E-state index < -0.39 is 44.4 Å². The number of carboxylic acids is 1.